The van der Waals surface area contributed by atoms with Crippen LogP contribution < -0.4 is 5.32 Å². The number of carbonyl (C=O) groups excluding carboxylic acids is 2. The maximum absolute atomic E-state index is 13.0. The standard InChI is InChI=1S/C17H27N3O3/c1-16(2,3)13(19-15(22)23-17(4,5)6)14(21)20-11(9-18)7-10-8-12(10)20/h10-13H,7-8H2,1-6H3,(H,19,22). The fourth-order valence-corrected chi connectivity index (χ4v) is 3.11. The van der Waals surface area contributed by atoms with Crippen molar-refractivity contribution in [2.24, 2.45) is 11.3 Å². The molecule has 2 fully saturated rings. The van der Waals surface area contributed by atoms with Crippen molar-refractivity contribution in [3.8, 4) is 6.07 Å². The van der Waals surface area contributed by atoms with Crippen LogP contribution in [-0.4, -0.2) is 40.6 Å². The van der Waals surface area contributed by atoms with E-state index in [2.05, 4.69) is 11.4 Å². The SMILES string of the molecule is CC(C)(C)OC(=O)NC(C(=O)N1C(C#N)CC2CC21)C(C)(C)C. The average Bonchev–Trinajstić information content (AvgIpc) is 3.03. The van der Waals surface area contributed by atoms with Gasteiger partial charge in [0, 0.05) is 6.04 Å². The lowest BCUT2D eigenvalue weighted by Gasteiger charge is -2.35. The van der Waals surface area contributed by atoms with Crippen LogP contribution in [0.1, 0.15) is 54.4 Å². The van der Waals surface area contributed by atoms with E-state index in [1.165, 1.54) is 0 Å². The number of rotatable bonds is 2. The molecule has 4 unspecified atom stereocenters. The third-order valence-corrected chi connectivity index (χ3v) is 4.28. The molecule has 2 amide bonds. The highest BCUT2D eigenvalue weighted by molar-refractivity contribution is 5.88. The number of nitrogens with zero attached hydrogens (tertiary/aromatic N) is 2. The van der Waals surface area contributed by atoms with Crippen molar-refractivity contribution >= 4 is 12.0 Å². The number of alkyl carbamates (subject to hydrolysis) is 1. The molecule has 1 heterocycles. The molecule has 6 nitrogen and oxygen atoms in total. The van der Waals surface area contributed by atoms with Gasteiger partial charge >= 0.3 is 6.09 Å². The van der Waals surface area contributed by atoms with Gasteiger partial charge in [0.25, 0.3) is 0 Å². The molecule has 1 aliphatic carbocycles. The Morgan fingerprint density at radius 2 is 1.83 bits per heavy atom. The zero-order valence-electron chi connectivity index (χ0n) is 14.8. The molecular formula is C17H27N3O3. The van der Waals surface area contributed by atoms with E-state index in [-0.39, 0.29) is 18.0 Å². The normalized spacial score (nSPS) is 27.7. The highest BCUT2D eigenvalue weighted by Crippen LogP contribution is 2.48. The quantitative estimate of drug-likeness (QED) is 0.847. The lowest BCUT2D eigenvalue weighted by molar-refractivity contribution is -0.137. The first kappa shape index (κ1) is 17.6. The summed E-state index contributed by atoms with van der Waals surface area (Å²) in [5.74, 6) is 0.269. The van der Waals surface area contributed by atoms with Crippen LogP contribution in [0.25, 0.3) is 0 Å². The van der Waals surface area contributed by atoms with Crippen molar-refractivity contribution < 1.29 is 14.3 Å². The number of hydrogen-bond acceptors (Lipinski definition) is 4. The molecular weight excluding hydrogens is 294 g/mol. The smallest absolute Gasteiger partial charge is 0.408 e. The summed E-state index contributed by atoms with van der Waals surface area (Å²) in [7, 11) is 0. The molecule has 128 valence electrons. The molecule has 4 atom stereocenters. The van der Waals surface area contributed by atoms with Gasteiger partial charge in [-0.2, -0.15) is 5.26 Å². The summed E-state index contributed by atoms with van der Waals surface area (Å²) in [4.78, 5) is 26.8. The van der Waals surface area contributed by atoms with Crippen LogP contribution in [0.4, 0.5) is 4.79 Å². The number of likely N-dealkylation sites (tertiary alicyclic amines) is 1. The highest BCUT2D eigenvalue weighted by atomic mass is 16.6. The molecule has 1 aliphatic heterocycles. The maximum atomic E-state index is 13.0. The second kappa shape index (κ2) is 5.70. The number of carbonyl (C=O) groups is 2. The molecule has 1 saturated carbocycles. The summed E-state index contributed by atoms with van der Waals surface area (Å²) >= 11 is 0. The number of amides is 2. The monoisotopic (exact) mass is 321 g/mol. The highest BCUT2D eigenvalue weighted by Gasteiger charge is 2.56. The number of hydrogen-bond donors (Lipinski definition) is 1. The Morgan fingerprint density at radius 1 is 1.22 bits per heavy atom. The molecule has 0 aromatic rings. The first-order valence-corrected chi connectivity index (χ1v) is 8.15. The van der Waals surface area contributed by atoms with Gasteiger partial charge in [-0.25, -0.2) is 4.79 Å². The van der Waals surface area contributed by atoms with Crippen LogP contribution >= 0.6 is 0 Å². The summed E-state index contributed by atoms with van der Waals surface area (Å²) in [6, 6.07) is 1.29. The summed E-state index contributed by atoms with van der Waals surface area (Å²) in [5, 5.41) is 12.0. The number of ether oxygens (including phenoxy) is 1. The van der Waals surface area contributed by atoms with Crippen LogP contribution in [0, 0.1) is 22.7 Å². The predicted molar refractivity (Wildman–Crippen MR) is 85.4 cm³/mol. The second-order valence-corrected chi connectivity index (χ2v) is 8.63. The van der Waals surface area contributed by atoms with Gasteiger partial charge in [-0.15, -0.1) is 0 Å². The minimum atomic E-state index is -0.715. The zero-order valence-corrected chi connectivity index (χ0v) is 14.8. The fraction of sp³-hybridized carbons (Fsp3) is 0.824. The molecule has 1 N–H and O–H groups in total. The second-order valence-electron chi connectivity index (χ2n) is 8.63. The van der Waals surface area contributed by atoms with Gasteiger partial charge in [0.05, 0.1) is 6.07 Å². The van der Waals surface area contributed by atoms with E-state index in [0.717, 1.165) is 12.8 Å². The summed E-state index contributed by atoms with van der Waals surface area (Å²) in [6.07, 6.45) is 1.11. The maximum Gasteiger partial charge on any atom is 0.408 e. The van der Waals surface area contributed by atoms with Crippen LogP contribution in [-0.2, 0) is 9.53 Å². The van der Waals surface area contributed by atoms with E-state index >= 15 is 0 Å². The Hall–Kier alpha value is -1.77. The van der Waals surface area contributed by atoms with Gasteiger partial charge in [-0.05, 0) is 44.9 Å². The van der Waals surface area contributed by atoms with Gasteiger partial charge in [-0.1, -0.05) is 20.8 Å². The van der Waals surface area contributed by atoms with Crippen molar-refractivity contribution in [2.45, 2.75) is 78.1 Å². The third-order valence-electron chi connectivity index (χ3n) is 4.28. The van der Waals surface area contributed by atoms with Crippen LogP contribution in [0.5, 0.6) is 0 Å². The van der Waals surface area contributed by atoms with Gasteiger partial charge < -0.3 is 15.0 Å². The van der Waals surface area contributed by atoms with Crippen molar-refractivity contribution in [2.75, 3.05) is 0 Å². The van der Waals surface area contributed by atoms with Crippen molar-refractivity contribution in [3.05, 3.63) is 0 Å². The molecule has 0 aromatic carbocycles. The first-order chi connectivity index (χ1) is 10.4. The van der Waals surface area contributed by atoms with Crippen LogP contribution in [0.2, 0.25) is 0 Å². The van der Waals surface area contributed by atoms with E-state index in [1.54, 1.807) is 25.7 Å². The minimum absolute atomic E-state index is 0.164. The Morgan fingerprint density at radius 3 is 2.30 bits per heavy atom. The van der Waals surface area contributed by atoms with E-state index < -0.39 is 23.2 Å². The molecule has 0 bridgehead atoms. The number of fused-ring (bicyclic) bond motifs is 1. The fourth-order valence-electron chi connectivity index (χ4n) is 3.11. The molecule has 1 saturated heterocycles. The Bertz CT molecular complexity index is 539. The van der Waals surface area contributed by atoms with Crippen molar-refractivity contribution in [3.63, 3.8) is 0 Å². The predicted octanol–water partition coefficient (Wildman–Crippen LogP) is 2.44. The molecule has 6 heteroatoms. The molecule has 23 heavy (non-hydrogen) atoms. The number of nitrogens with one attached hydrogen (secondary N) is 1. The van der Waals surface area contributed by atoms with E-state index in [1.807, 2.05) is 20.8 Å². The van der Waals surface area contributed by atoms with E-state index in [0.29, 0.717) is 5.92 Å². The van der Waals surface area contributed by atoms with Gasteiger partial charge in [-0.3, -0.25) is 4.79 Å². The van der Waals surface area contributed by atoms with Crippen molar-refractivity contribution in [1.82, 2.24) is 10.2 Å². The number of nitriles is 1. The summed E-state index contributed by atoms with van der Waals surface area (Å²) in [6.45, 7) is 11.0. The zero-order chi connectivity index (χ0) is 17.6. The largest absolute Gasteiger partial charge is 0.444 e. The molecule has 2 aliphatic rings. The topological polar surface area (TPSA) is 82.4 Å². The first-order valence-electron chi connectivity index (χ1n) is 8.15. The minimum Gasteiger partial charge on any atom is -0.444 e. The average molecular weight is 321 g/mol. The third kappa shape index (κ3) is 3.95. The van der Waals surface area contributed by atoms with Crippen molar-refractivity contribution in [1.29, 1.82) is 5.26 Å². The lowest BCUT2D eigenvalue weighted by Crippen LogP contribution is -2.57. The van der Waals surface area contributed by atoms with Crippen LogP contribution in [0.15, 0.2) is 0 Å². The number of piperidine rings is 1. The summed E-state index contributed by atoms with van der Waals surface area (Å²) < 4.78 is 5.28. The molecule has 0 aromatic heterocycles. The molecule has 2 rings (SSSR count). The van der Waals surface area contributed by atoms with E-state index in [9.17, 15) is 14.9 Å². The Balaban J connectivity index is 2.14. The van der Waals surface area contributed by atoms with Gasteiger partial charge in [0.15, 0.2) is 0 Å². The molecule has 0 radical (unpaired) electrons. The Kier molecular flexibility index (Phi) is 4.36. The lowest BCUT2D eigenvalue weighted by atomic mass is 9.85. The van der Waals surface area contributed by atoms with E-state index in [4.69, 9.17) is 4.74 Å². The Labute approximate surface area is 138 Å². The van der Waals surface area contributed by atoms with Gasteiger partial charge in [0.2, 0.25) is 5.91 Å². The van der Waals surface area contributed by atoms with Gasteiger partial charge in [0.1, 0.15) is 17.7 Å². The summed E-state index contributed by atoms with van der Waals surface area (Å²) in [5.41, 5.74) is -1.10. The van der Waals surface area contributed by atoms with Crippen LogP contribution in [0.3, 0.4) is 0 Å². The molecule has 0 spiro atoms.